The molecule has 0 spiro atoms. The minimum atomic E-state index is -4.52. The molecule has 0 fully saturated rings. The van der Waals surface area contributed by atoms with E-state index in [1.807, 2.05) is 0 Å². The molecular weight excluding hydrogens is 402 g/mol. The Bertz CT molecular complexity index is 1030. The van der Waals surface area contributed by atoms with Crippen LogP contribution in [0.5, 0.6) is 11.8 Å². The van der Waals surface area contributed by atoms with Gasteiger partial charge < -0.3 is 14.2 Å². The van der Waals surface area contributed by atoms with Gasteiger partial charge in [-0.3, -0.25) is 5.32 Å². The highest BCUT2D eigenvalue weighted by Gasteiger charge is 2.29. The Hall–Kier alpha value is -3.40. The number of hydrogen-bond acceptors (Lipinski definition) is 8. The van der Waals surface area contributed by atoms with Crippen LogP contribution in [-0.2, 0) is 14.9 Å². The van der Waals surface area contributed by atoms with Crippen molar-refractivity contribution in [2.75, 3.05) is 37.6 Å². The number of hydrogen-bond donors (Lipinski definition) is 2. The standard InChI is InChI=1S/C17H19N5O6S/c1-26-10-6-8-12-7-4-5-9-13(12)22(29(18,24)25)17(23)21-16-19-14(27-2)11-15(20-16)28-3/h4-5,7,9,11H,10H2,1-3H3,(H2,18,24,25)(H,19,20,21,23). The zero-order valence-electron chi connectivity index (χ0n) is 15.9. The third-order valence-corrected chi connectivity index (χ3v) is 4.19. The average Bonchev–Trinajstić information content (AvgIpc) is 2.68. The van der Waals surface area contributed by atoms with E-state index in [1.165, 1.54) is 45.6 Å². The Kier molecular flexibility index (Phi) is 7.32. The molecule has 2 amide bonds. The Morgan fingerprint density at radius 3 is 2.34 bits per heavy atom. The summed E-state index contributed by atoms with van der Waals surface area (Å²) in [5, 5.41) is 7.54. The normalized spacial score (nSPS) is 10.5. The predicted octanol–water partition coefficient (Wildman–Crippen LogP) is 0.734. The van der Waals surface area contributed by atoms with Crippen LogP contribution in [-0.4, -0.2) is 52.4 Å². The smallest absolute Gasteiger partial charge is 0.343 e. The van der Waals surface area contributed by atoms with Gasteiger partial charge in [0.2, 0.25) is 17.7 Å². The van der Waals surface area contributed by atoms with E-state index in [4.69, 9.17) is 19.3 Å². The van der Waals surface area contributed by atoms with Crippen molar-refractivity contribution in [1.82, 2.24) is 9.97 Å². The summed E-state index contributed by atoms with van der Waals surface area (Å²) in [6.45, 7) is 0.118. The van der Waals surface area contributed by atoms with Crippen molar-refractivity contribution < 1.29 is 27.4 Å². The summed E-state index contributed by atoms with van der Waals surface area (Å²) in [6.07, 6.45) is 0. The second-order valence-corrected chi connectivity index (χ2v) is 6.66. The van der Waals surface area contributed by atoms with E-state index in [9.17, 15) is 13.2 Å². The molecule has 1 aromatic carbocycles. The number of nitrogens with one attached hydrogen (secondary N) is 1. The number of amides is 2. The van der Waals surface area contributed by atoms with Gasteiger partial charge in [-0.05, 0) is 12.1 Å². The van der Waals surface area contributed by atoms with Gasteiger partial charge in [-0.2, -0.15) is 22.7 Å². The first-order chi connectivity index (χ1) is 13.8. The molecule has 154 valence electrons. The number of carbonyl (C=O) groups is 1. The molecule has 0 bridgehead atoms. The van der Waals surface area contributed by atoms with Crippen LogP contribution in [0.4, 0.5) is 16.4 Å². The molecule has 0 saturated carbocycles. The summed E-state index contributed by atoms with van der Waals surface area (Å²) in [5.41, 5.74) is 0.198. The summed E-state index contributed by atoms with van der Waals surface area (Å²) in [6, 6.07) is 6.35. The molecule has 2 aromatic rings. The van der Waals surface area contributed by atoms with Gasteiger partial charge >= 0.3 is 16.2 Å². The largest absolute Gasteiger partial charge is 0.481 e. The van der Waals surface area contributed by atoms with Gasteiger partial charge in [-0.1, -0.05) is 24.0 Å². The number of benzene rings is 1. The molecule has 1 heterocycles. The molecule has 0 saturated heterocycles. The molecule has 1 aromatic heterocycles. The molecule has 29 heavy (non-hydrogen) atoms. The van der Waals surface area contributed by atoms with Gasteiger partial charge in [0.05, 0.1) is 26.0 Å². The molecule has 0 radical (unpaired) electrons. The van der Waals surface area contributed by atoms with Gasteiger partial charge in [0.15, 0.2) is 0 Å². The highest BCUT2D eigenvalue weighted by atomic mass is 32.2. The van der Waals surface area contributed by atoms with E-state index in [-0.39, 0.29) is 35.6 Å². The molecule has 11 nitrogen and oxygen atoms in total. The van der Waals surface area contributed by atoms with Gasteiger partial charge in [0, 0.05) is 12.7 Å². The number of aromatic nitrogens is 2. The van der Waals surface area contributed by atoms with Crippen molar-refractivity contribution in [3.05, 3.63) is 35.9 Å². The fourth-order valence-electron chi connectivity index (χ4n) is 2.14. The number of ether oxygens (including phenoxy) is 3. The molecule has 12 heteroatoms. The Labute approximate surface area is 168 Å². The molecular formula is C17H19N5O6S. The number of para-hydroxylation sites is 1. The second kappa shape index (κ2) is 9.69. The van der Waals surface area contributed by atoms with Crippen LogP contribution >= 0.6 is 0 Å². The van der Waals surface area contributed by atoms with E-state index >= 15 is 0 Å². The van der Waals surface area contributed by atoms with Crippen molar-refractivity contribution in [2.24, 2.45) is 5.14 Å². The first-order valence-corrected chi connectivity index (χ1v) is 9.48. The maximum Gasteiger partial charge on any atom is 0.343 e. The fourth-order valence-corrected chi connectivity index (χ4v) is 2.85. The average molecular weight is 421 g/mol. The van der Waals surface area contributed by atoms with E-state index in [0.717, 1.165) is 0 Å². The van der Waals surface area contributed by atoms with Crippen LogP contribution in [0.25, 0.3) is 0 Å². The lowest BCUT2D eigenvalue weighted by Gasteiger charge is -2.21. The highest BCUT2D eigenvalue weighted by molar-refractivity contribution is 7.91. The first-order valence-electron chi connectivity index (χ1n) is 7.98. The molecule has 0 aliphatic rings. The number of urea groups is 1. The summed E-state index contributed by atoms with van der Waals surface area (Å²) < 4.78 is 39.5. The van der Waals surface area contributed by atoms with E-state index in [0.29, 0.717) is 4.31 Å². The summed E-state index contributed by atoms with van der Waals surface area (Å²) in [7, 11) is -0.332. The molecule has 0 aliphatic heterocycles. The van der Waals surface area contributed by atoms with Crippen LogP contribution < -0.4 is 24.2 Å². The maximum atomic E-state index is 12.8. The number of nitrogens with two attached hydrogens (primary N) is 1. The first kappa shape index (κ1) is 21.9. The van der Waals surface area contributed by atoms with Crippen LogP contribution in [0.3, 0.4) is 0 Å². The Morgan fingerprint density at radius 2 is 1.79 bits per heavy atom. The summed E-state index contributed by atoms with van der Waals surface area (Å²) in [4.78, 5) is 20.6. The predicted molar refractivity (Wildman–Crippen MR) is 105 cm³/mol. The minimum Gasteiger partial charge on any atom is -0.481 e. The quantitative estimate of drug-likeness (QED) is 0.649. The molecule has 0 aliphatic carbocycles. The number of rotatable bonds is 6. The van der Waals surface area contributed by atoms with E-state index < -0.39 is 16.2 Å². The van der Waals surface area contributed by atoms with Crippen molar-refractivity contribution in [3.63, 3.8) is 0 Å². The van der Waals surface area contributed by atoms with Crippen LogP contribution in [0.1, 0.15) is 5.56 Å². The SMILES string of the molecule is COCC#Cc1ccccc1N(C(=O)Nc1nc(OC)cc(OC)n1)S(N)(=O)=O. The third kappa shape index (κ3) is 5.79. The zero-order valence-corrected chi connectivity index (χ0v) is 16.7. The van der Waals surface area contributed by atoms with E-state index in [1.54, 1.807) is 6.07 Å². The summed E-state index contributed by atoms with van der Waals surface area (Å²) in [5.74, 6) is 5.37. The minimum absolute atomic E-state index is 0.0500. The second-order valence-electron chi connectivity index (χ2n) is 5.27. The van der Waals surface area contributed by atoms with Crippen molar-refractivity contribution >= 4 is 27.9 Å². The molecule has 2 rings (SSSR count). The monoisotopic (exact) mass is 421 g/mol. The number of nitrogens with zero attached hydrogens (tertiary/aromatic N) is 3. The van der Waals surface area contributed by atoms with Crippen LogP contribution in [0.15, 0.2) is 30.3 Å². The molecule has 0 unspecified atom stereocenters. The lowest BCUT2D eigenvalue weighted by Crippen LogP contribution is -2.44. The van der Waals surface area contributed by atoms with Gasteiger partial charge in [-0.25, -0.2) is 9.93 Å². The van der Waals surface area contributed by atoms with Crippen molar-refractivity contribution in [1.29, 1.82) is 0 Å². The van der Waals surface area contributed by atoms with Crippen molar-refractivity contribution in [2.45, 2.75) is 0 Å². The number of methoxy groups -OCH3 is 3. The van der Waals surface area contributed by atoms with Gasteiger partial charge in [-0.15, -0.1) is 0 Å². The zero-order chi connectivity index (χ0) is 21.4. The number of carbonyl (C=O) groups excluding carboxylic acids is 1. The number of anilines is 2. The van der Waals surface area contributed by atoms with Gasteiger partial charge in [0.25, 0.3) is 0 Å². The highest BCUT2D eigenvalue weighted by Crippen LogP contribution is 2.23. The maximum absolute atomic E-state index is 12.8. The lowest BCUT2D eigenvalue weighted by atomic mass is 10.2. The topological polar surface area (TPSA) is 146 Å². The third-order valence-electron chi connectivity index (χ3n) is 3.32. The fraction of sp³-hybridized carbons (Fsp3) is 0.235. The molecule has 3 N–H and O–H groups in total. The van der Waals surface area contributed by atoms with Crippen LogP contribution in [0, 0.1) is 11.8 Å². The Morgan fingerprint density at radius 1 is 1.17 bits per heavy atom. The molecule has 0 atom stereocenters. The van der Waals surface area contributed by atoms with Crippen LogP contribution in [0.2, 0.25) is 0 Å². The lowest BCUT2D eigenvalue weighted by molar-refractivity contribution is 0.240. The van der Waals surface area contributed by atoms with Gasteiger partial charge in [0.1, 0.15) is 6.61 Å². The summed E-state index contributed by atoms with van der Waals surface area (Å²) >= 11 is 0. The Balaban J connectivity index is 2.46. The van der Waals surface area contributed by atoms with E-state index in [2.05, 4.69) is 27.1 Å². The van der Waals surface area contributed by atoms with Crippen molar-refractivity contribution in [3.8, 4) is 23.6 Å².